The normalized spacial score (nSPS) is 9.24. The minimum absolute atomic E-state index is 0. The van der Waals surface area contributed by atoms with Crippen LogP contribution in [0, 0.1) is 0 Å². The van der Waals surface area contributed by atoms with Crippen molar-refractivity contribution in [3.63, 3.8) is 0 Å². The summed E-state index contributed by atoms with van der Waals surface area (Å²) in [6.07, 6.45) is 0.768. The van der Waals surface area contributed by atoms with Gasteiger partial charge in [-0.25, -0.2) is 10.7 Å². The fraction of sp³-hybridized carbons (Fsp3) is 0.500. The van der Waals surface area contributed by atoms with Crippen molar-refractivity contribution in [3.8, 4) is 0 Å². The van der Waals surface area contributed by atoms with Gasteiger partial charge in [-0.15, -0.1) is 24.8 Å². The van der Waals surface area contributed by atoms with E-state index in [1.165, 1.54) is 6.07 Å². The van der Waals surface area contributed by atoms with Crippen molar-refractivity contribution in [3.05, 3.63) is 32.6 Å². The standard InChI is InChI=1S/C8H14N4O3.2ClH/c9-15-3-1-2-10-5-6-4-7(13)12-8(14)11-6;;/h4,10H,1-3,5,9H2,(H2,11,12,13,14);2*1H. The van der Waals surface area contributed by atoms with Crippen LogP contribution >= 0.6 is 24.8 Å². The van der Waals surface area contributed by atoms with E-state index in [-0.39, 0.29) is 24.8 Å². The highest BCUT2D eigenvalue weighted by atomic mass is 35.5. The summed E-state index contributed by atoms with van der Waals surface area (Å²) >= 11 is 0. The SMILES string of the molecule is Cl.Cl.NOCCCNCc1cc(=O)[nH]c(=O)[nH]1. The van der Waals surface area contributed by atoms with Crippen LogP contribution in [-0.2, 0) is 11.4 Å². The molecule has 0 radical (unpaired) electrons. The molecule has 0 bridgehead atoms. The molecular weight excluding hydrogens is 271 g/mol. The van der Waals surface area contributed by atoms with Gasteiger partial charge in [-0.05, 0) is 13.0 Å². The van der Waals surface area contributed by atoms with E-state index in [1.54, 1.807) is 0 Å². The van der Waals surface area contributed by atoms with Crippen molar-refractivity contribution in [1.82, 2.24) is 15.3 Å². The van der Waals surface area contributed by atoms with E-state index >= 15 is 0 Å². The third-order valence-electron chi connectivity index (χ3n) is 1.75. The number of aromatic nitrogens is 2. The molecule has 0 unspecified atom stereocenters. The summed E-state index contributed by atoms with van der Waals surface area (Å²) in [7, 11) is 0. The summed E-state index contributed by atoms with van der Waals surface area (Å²) in [6.45, 7) is 1.61. The predicted molar refractivity (Wildman–Crippen MR) is 68.6 cm³/mol. The zero-order valence-corrected chi connectivity index (χ0v) is 10.7. The average molecular weight is 287 g/mol. The van der Waals surface area contributed by atoms with Crippen LogP contribution in [0.3, 0.4) is 0 Å². The molecule has 0 atom stereocenters. The first-order chi connectivity index (χ1) is 7.22. The van der Waals surface area contributed by atoms with Gasteiger partial charge in [0.2, 0.25) is 0 Å². The Morgan fingerprint density at radius 1 is 1.29 bits per heavy atom. The van der Waals surface area contributed by atoms with Gasteiger partial charge in [0.05, 0.1) is 6.61 Å². The van der Waals surface area contributed by atoms with E-state index in [1.807, 2.05) is 0 Å². The Kier molecular flexibility index (Phi) is 11.2. The maximum Gasteiger partial charge on any atom is 0.325 e. The van der Waals surface area contributed by atoms with Crippen LogP contribution in [0.1, 0.15) is 12.1 Å². The van der Waals surface area contributed by atoms with Crippen molar-refractivity contribution >= 4 is 24.8 Å². The van der Waals surface area contributed by atoms with Crippen molar-refractivity contribution in [1.29, 1.82) is 0 Å². The Balaban J connectivity index is 0. The zero-order valence-electron chi connectivity index (χ0n) is 9.02. The Labute approximate surface area is 110 Å². The van der Waals surface area contributed by atoms with E-state index in [2.05, 4.69) is 20.1 Å². The van der Waals surface area contributed by atoms with Gasteiger partial charge in [0, 0.05) is 18.3 Å². The summed E-state index contributed by atoms with van der Waals surface area (Å²) in [5.74, 6) is 4.84. The van der Waals surface area contributed by atoms with Gasteiger partial charge in [0.15, 0.2) is 0 Å². The number of nitrogens with one attached hydrogen (secondary N) is 3. The van der Waals surface area contributed by atoms with E-state index in [0.717, 1.165) is 6.42 Å². The lowest BCUT2D eigenvalue weighted by molar-refractivity contribution is 0.135. The van der Waals surface area contributed by atoms with Crippen molar-refractivity contribution < 1.29 is 4.84 Å². The Morgan fingerprint density at radius 3 is 2.59 bits per heavy atom. The van der Waals surface area contributed by atoms with Gasteiger partial charge in [-0.2, -0.15) is 0 Å². The van der Waals surface area contributed by atoms with Crippen LogP contribution in [0.15, 0.2) is 15.7 Å². The molecule has 17 heavy (non-hydrogen) atoms. The first kappa shape index (κ1) is 18.5. The highest BCUT2D eigenvalue weighted by Gasteiger charge is 1.95. The molecule has 7 nitrogen and oxygen atoms in total. The molecule has 5 N–H and O–H groups in total. The smallest absolute Gasteiger partial charge is 0.311 e. The molecule has 1 aromatic rings. The molecule has 0 saturated heterocycles. The van der Waals surface area contributed by atoms with Crippen LogP contribution in [-0.4, -0.2) is 23.1 Å². The number of nitrogens with two attached hydrogens (primary N) is 1. The van der Waals surface area contributed by atoms with Crippen LogP contribution in [0.4, 0.5) is 0 Å². The Hall–Kier alpha value is -0.860. The summed E-state index contributed by atoms with van der Waals surface area (Å²) in [4.78, 5) is 30.8. The Bertz CT molecular complexity index is 378. The molecule has 1 rings (SSSR count). The minimum Gasteiger partial charge on any atom is -0.311 e. The molecule has 1 heterocycles. The second kappa shape index (κ2) is 10.3. The number of hydrogen-bond donors (Lipinski definition) is 4. The first-order valence-electron chi connectivity index (χ1n) is 4.57. The van der Waals surface area contributed by atoms with E-state index in [0.29, 0.717) is 25.4 Å². The topological polar surface area (TPSA) is 113 Å². The molecule has 0 aliphatic carbocycles. The van der Waals surface area contributed by atoms with Crippen LogP contribution in [0.25, 0.3) is 0 Å². The fourth-order valence-corrected chi connectivity index (χ4v) is 1.12. The molecule has 0 amide bonds. The summed E-state index contributed by atoms with van der Waals surface area (Å²) in [6, 6.07) is 1.34. The average Bonchev–Trinajstić information content (AvgIpc) is 2.16. The molecule has 1 aromatic heterocycles. The van der Waals surface area contributed by atoms with Gasteiger partial charge in [-0.1, -0.05) is 0 Å². The second-order valence-corrected chi connectivity index (χ2v) is 3.01. The summed E-state index contributed by atoms with van der Waals surface area (Å²) in [5, 5.41) is 3.03. The Morgan fingerprint density at radius 2 is 2.00 bits per heavy atom. The minimum atomic E-state index is -0.496. The first-order valence-corrected chi connectivity index (χ1v) is 4.57. The molecule has 0 aliphatic heterocycles. The van der Waals surface area contributed by atoms with Gasteiger partial charge in [0.1, 0.15) is 0 Å². The monoisotopic (exact) mass is 286 g/mol. The van der Waals surface area contributed by atoms with Crippen molar-refractivity contribution in [2.75, 3.05) is 13.2 Å². The van der Waals surface area contributed by atoms with Gasteiger partial charge >= 0.3 is 5.69 Å². The lowest BCUT2D eigenvalue weighted by Gasteiger charge is -2.03. The van der Waals surface area contributed by atoms with Crippen molar-refractivity contribution in [2.24, 2.45) is 5.90 Å². The van der Waals surface area contributed by atoms with Gasteiger partial charge in [0.25, 0.3) is 5.56 Å². The number of rotatable bonds is 6. The largest absolute Gasteiger partial charge is 0.325 e. The van der Waals surface area contributed by atoms with Crippen LogP contribution in [0.5, 0.6) is 0 Å². The lowest BCUT2D eigenvalue weighted by Crippen LogP contribution is -2.26. The third-order valence-corrected chi connectivity index (χ3v) is 1.75. The zero-order chi connectivity index (χ0) is 11.1. The van der Waals surface area contributed by atoms with E-state index < -0.39 is 11.2 Å². The molecule has 0 saturated carbocycles. The molecular formula is C8H16Cl2N4O3. The van der Waals surface area contributed by atoms with Gasteiger partial charge in [-0.3, -0.25) is 9.78 Å². The maximum absolute atomic E-state index is 10.9. The number of aromatic amines is 2. The third kappa shape index (κ3) is 7.94. The fourth-order valence-electron chi connectivity index (χ4n) is 1.12. The molecule has 0 fully saturated rings. The number of hydrogen-bond acceptors (Lipinski definition) is 5. The van der Waals surface area contributed by atoms with Crippen LogP contribution in [0.2, 0.25) is 0 Å². The highest BCUT2D eigenvalue weighted by molar-refractivity contribution is 5.85. The summed E-state index contributed by atoms with van der Waals surface area (Å²) in [5.41, 5.74) is -0.345. The van der Waals surface area contributed by atoms with E-state index in [9.17, 15) is 9.59 Å². The molecule has 0 spiro atoms. The lowest BCUT2D eigenvalue weighted by atomic mass is 10.4. The van der Waals surface area contributed by atoms with Crippen LogP contribution < -0.4 is 22.5 Å². The van der Waals surface area contributed by atoms with Gasteiger partial charge < -0.3 is 15.1 Å². The molecule has 9 heteroatoms. The number of H-pyrrole nitrogens is 2. The highest BCUT2D eigenvalue weighted by Crippen LogP contribution is 1.84. The molecule has 100 valence electrons. The van der Waals surface area contributed by atoms with E-state index in [4.69, 9.17) is 5.90 Å². The summed E-state index contributed by atoms with van der Waals surface area (Å²) < 4.78 is 0. The van der Waals surface area contributed by atoms with Crippen molar-refractivity contribution in [2.45, 2.75) is 13.0 Å². The molecule has 0 aromatic carbocycles. The second-order valence-electron chi connectivity index (χ2n) is 3.01. The predicted octanol–water partition coefficient (Wildman–Crippen LogP) is -0.723. The maximum atomic E-state index is 10.9. The number of halogens is 2. The quantitative estimate of drug-likeness (QED) is 0.407. The molecule has 0 aliphatic rings.